The highest BCUT2D eigenvalue weighted by Gasteiger charge is 2.45. The summed E-state index contributed by atoms with van der Waals surface area (Å²) in [6.45, 7) is -2.35. The minimum absolute atomic E-state index is 1.33. The quantitative estimate of drug-likeness (QED) is 0.0347. The lowest BCUT2D eigenvalue weighted by Crippen LogP contribution is -2.35. The fourth-order valence-corrected chi connectivity index (χ4v) is 7.07. The van der Waals surface area contributed by atoms with Gasteiger partial charge in [-0.15, -0.1) is 0 Å². The standard InChI is InChI=1S/C38H14O34/c39-21(40)3-5(23(43)44)9(27(51)52)14(10(28(53)54)6(3)24(45)46)32(61)68-1-2(69-33(62)15-11(29(55)56)7(25(47)48)4(22(41)42)8(26(49)50)12(15)30(57)58)70-34(63)16-13(31(59)60)17-19(37(66)71-35(17)64)20-18(16)36(65)72-38(20)67/h2H,1H2,(H,39,40)(H,41,42)(H,43,44)(H,45,46)(H,47,48)(H,49,50)(H,51,52)(H,53,54)(H,55,56)(H,57,58)(H,59,60). The van der Waals surface area contributed by atoms with Gasteiger partial charge in [0, 0.05) is 0 Å². The Morgan fingerprint density at radius 1 is 0.292 bits per heavy atom. The molecule has 0 bridgehead atoms. The first-order valence-corrected chi connectivity index (χ1v) is 17.7. The molecule has 2 heterocycles. The lowest BCUT2D eigenvalue weighted by atomic mass is 9.86. The van der Waals surface area contributed by atoms with E-state index in [0.29, 0.717) is 0 Å². The molecule has 0 saturated carbocycles. The highest BCUT2D eigenvalue weighted by atomic mass is 16.7. The first-order valence-electron chi connectivity index (χ1n) is 17.7. The zero-order valence-corrected chi connectivity index (χ0v) is 33.6. The second-order valence-corrected chi connectivity index (χ2v) is 13.3. The maximum atomic E-state index is 14.1. The Balaban J connectivity index is 1.88. The number of esters is 3. The van der Waals surface area contributed by atoms with E-state index in [1.54, 1.807) is 0 Å². The van der Waals surface area contributed by atoms with Crippen LogP contribution >= 0.6 is 0 Å². The predicted octanol–water partition coefficient (Wildman–Crippen LogP) is -1.63. The molecule has 0 amide bonds. The molecule has 1 atom stereocenters. The molecule has 72 heavy (non-hydrogen) atoms. The molecule has 0 radical (unpaired) electrons. The number of carboxylic acid groups (broad SMARTS) is 11. The number of carbonyl (C=O) groups is 14. The molecule has 34 nitrogen and oxygen atoms in total. The Hall–Kier alpha value is -11.5. The molecule has 0 saturated heterocycles. The first kappa shape index (κ1) is 51.5. The van der Waals surface area contributed by atoms with Crippen molar-refractivity contribution in [3.05, 3.63) is 120 Å². The fourth-order valence-electron chi connectivity index (χ4n) is 7.07. The number of carbonyl (C=O) groups excluding carboxylic acids is 3. The van der Waals surface area contributed by atoms with Gasteiger partial charge in [0.05, 0.1) is 99.4 Å². The average Bonchev–Trinajstić information content (AvgIpc) is 3.72. The maximum Gasteiger partial charge on any atom is 0.347 e. The summed E-state index contributed by atoms with van der Waals surface area (Å²) in [7, 11) is 0. The van der Waals surface area contributed by atoms with Crippen LogP contribution in [-0.2, 0) is 14.2 Å². The number of aromatic carboxylic acids is 11. The molecule has 0 aliphatic carbocycles. The number of fused-ring (bicyclic) bond motifs is 3. The summed E-state index contributed by atoms with van der Waals surface area (Å²) in [5.74, 6) is -37.9. The van der Waals surface area contributed by atoms with E-state index < -0.39 is 218 Å². The summed E-state index contributed by atoms with van der Waals surface area (Å²) in [5, 5.41) is 103. The maximum absolute atomic E-state index is 14.1. The molecule has 11 N–H and O–H groups in total. The molecule has 0 aliphatic rings. The molecule has 370 valence electrons. The molecule has 5 rings (SSSR count). The number of furan rings is 2. The Morgan fingerprint density at radius 3 is 0.764 bits per heavy atom. The number of benzene rings is 3. The van der Waals surface area contributed by atoms with Gasteiger partial charge in [-0.1, -0.05) is 0 Å². The molecule has 1 unspecified atom stereocenters. The van der Waals surface area contributed by atoms with Crippen LogP contribution in [0.4, 0.5) is 0 Å². The van der Waals surface area contributed by atoms with Gasteiger partial charge in [0.25, 0.3) is 6.29 Å². The number of hydrogen-bond acceptors (Lipinski definition) is 23. The molecule has 3 aromatic carbocycles. The van der Waals surface area contributed by atoms with E-state index in [-0.39, 0.29) is 0 Å². The Morgan fingerprint density at radius 2 is 0.500 bits per heavy atom. The molecular weight excluding hydrogens is 1000 g/mol. The van der Waals surface area contributed by atoms with Gasteiger partial charge < -0.3 is 79.2 Å². The minimum atomic E-state index is -3.57. The summed E-state index contributed by atoms with van der Waals surface area (Å²) in [5.41, 5.74) is -38.0. The van der Waals surface area contributed by atoms with Crippen LogP contribution in [0.5, 0.6) is 0 Å². The van der Waals surface area contributed by atoms with Crippen molar-refractivity contribution in [3.8, 4) is 0 Å². The van der Waals surface area contributed by atoms with Crippen molar-refractivity contribution < 1.29 is 146 Å². The van der Waals surface area contributed by atoms with Gasteiger partial charge in [-0.3, -0.25) is 0 Å². The van der Waals surface area contributed by atoms with E-state index in [0.717, 1.165) is 0 Å². The van der Waals surface area contributed by atoms with Gasteiger partial charge in [0.2, 0.25) is 0 Å². The van der Waals surface area contributed by atoms with E-state index in [1.165, 1.54) is 0 Å². The van der Waals surface area contributed by atoms with Crippen LogP contribution in [0.3, 0.4) is 0 Å². The van der Waals surface area contributed by atoms with Crippen LogP contribution in [0, 0.1) is 0 Å². The molecule has 0 spiro atoms. The van der Waals surface area contributed by atoms with E-state index in [4.69, 9.17) is 9.47 Å². The van der Waals surface area contributed by atoms with E-state index in [2.05, 4.69) is 13.6 Å². The normalized spacial score (nSPS) is 11.3. The van der Waals surface area contributed by atoms with Gasteiger partial charge in [-0.2, -0.15) is 0 Å². The monoisotopic (exact) mass is 1010 g/mol. The van der Waals surface area contributed by atoms with Crippen molar-refractivity contribution in [2.24, 2.45) is 0 Å². The summed E-state index contributed by atoms with van der Waals surface area (Å²) in [6.07, 6.45) is -3.57. The Labute approximate surface area is 383 Å². The summed E-state index contributed by atoms with van der Waals surface area (Å²) in [4.78, 5) is 229. The predicted molar refractivity (Wildman–Crippen MR) is 208 cm³/mol. The zero-order chi connectivity index (χ0) is 54.6. The van der Waals surface area contributed by atoms with Crippen molar-refractivity contribution in [1.29, 1.82) is 0 Å². The fraction of sp³-hybridized carbons (Fsp3) is 0.0526. The summed E-state index contributed by atoms with van der Waals surface area (Å²) in [6, 6.07) is 0. The van der Waals surface area contributed by atoms with Gasteiger partial charge >= 0.3 is 106 Å². The smallest absolute Gasteiger partial charge is 0.347 e. The van der Waals surface area contributed by atoms with Gasteiger partial charge in [0.1, 0.15) is 0 Å². The molecule has 34 heteroatoms. The topological polar surface area (TPSA) is 584 Å². The van der Waals surface area contributed by atoms with Crippen molar-refractivity contribution in [1.82, 2.24) is 0 Å². The van der Waals surface area contributed by atoms with Crippen LogP contribution in [0.2, 0.25) is 0 Å². The minimum Gasteiger partial charge on any atom is -0.478 e. The average molecular weight is 1010 g/mol. The summed E-state index contributed by atoms with van der Waals surface area (Å²) >= 11 is 0. The molecule has 2 aromatic heterocycles. The number of rotatable bonds is 18. The SMILES string of the molecule is O=C(O)c1c(C(=O)O)c(C(=O)O)c(C(=O)OCC(OC(=O)c2c(C(=O)O)c(C(=O)O)c(C(=O)O)c(C(=O)O)c2C(=O)O)OC(=O)c2c(C(=O)O)c3c(=O)oc(=O)c3c3c(=O)oc(=O)c23)c(C(=O)O)c1C(=O)O. The van der Waals surface area contributed by atoms with Gasteiger partial charge in [-0.05, 0) is 0 Å². The van der Waals surface area contributed by atoms with E-state index in [9.17, 15) is 142 Å². The number of carboxylic acids is 11. The van der Waals surface area contributed by atoms with Crippen LogP contribution in [-0.4, -0.2) is 153 Å². The highest BCUT2D eigenvalue weighted by Crippen LogP contribution is 2.34. The lowest BCUT2D eigenvalue weighted by molar-refractivity contribution is -0.105. The van der Waals surface area contributed by atoms with Crippen molar-refractivity contribution in [3.63, 3.8) is 0 Å². The largest absolute Gasteiger partial charge is 0.478 e. The lowest BCUT2D eigenvalue weighted by Gasteiger charge is -2.22. The third-order valence-electron chi connectivity index (χ3n) is 9.48. The number of hydrogen-bond donors (Lipinski definition) is 11. The van der Waals surface area contributed by atoms with Crippen molar-refractivity contribution in [2.75, 3.05) is 6.61 Å². The third kappa shape index (κ3) is 8.22. The van der Waals surface area contributed by atoms with E-state index >= 15 is 0 Å². The second-order valence-electron chi connectivity index (χ2n) is 13.3. The van der Waals surface area contributed by atoms with Crippen molar-refractivity contribution in [2.45, 2.75) is 6.29 Å². The summed E-state index contributed by atoms with van der Waals surface area (Å²) < 4.78 is 22.7. The molecule has 5 aromatic rings. The van der Waals surface area contributed by atoms with Gasteiger partial charge in [-0.25, -0.2) is 86.3 Å². The third-order valence-corrected chi connectivity index (χ3v) is 9.48. The van der Waals surface area contributed by atoms with E-state index in [1.807, 2.05) is 0 Å². The Bertz CT molecular complexity index is 3620. The molecule has 0 fully saturated rings. The van der Waals surface area contributed by atoms with Crippen LogP contribution in [0.15, 0.2) is 28.0 Å². The van der Waals surface area contributed by atoms with Crippen LogP contribution < -0.4 is 22.5 Å². The highest BCUT2D eigenvalue weighted by molar-refractivity contribution is 6.26. The molecular formula is C38H14O34. The zero-order valence-electron chi connectivity index (χ0n) is 33.6. The second kappa shape index (κ2) is 18.3. The van der Waals surface area contributed by atoms with Gasteiger partial charge in [0.15, 0.2) is 6.61 Å². The first-order chi connectivity index (χ1) is 33.3. The molecule has 0 aliphatic heterocycles. The van der Waals surface area contributed by atoms with Crippen LogP contribution in [0.25, 0.3) is 21.5 Å². The van der Waals surface area contributed by atoms with Crippen molar-refractivity contribution >= 4 is 105 Å². The number of ether oxygens (including phenoxy) is 3. The Kier molecular flexibility index (Phi) is 13.1. The van der Waals surface area contributed by atoms with Crippen LogP contribution in [0.1, 0.15) is 145 Å².